The van der Waals surface area contributed by atoms with Crippen molar-refractivity contribution >= 4 is 17.8 Å². The molecule has 1 aromatic heterocycles. The van der Waals surface area contributed by atoms with E-state index in [2.05, 4.69) is 10.3 Å². The third-order valence-electron chi connectivity index (χ3n) is 5.39. The largest absolute Gasteiger partial charge is 0.481 e. The van der Waals surface area contributed by atoms with Gasteiger partial charge in [-0.1, -0.05) is 18.2 Å². The molecule has 172 valence electrons. The molecule has 3 rings (SSSR count). The standard InChI is InChI=1S/C22H25F3N4O3/c1-26-19-9-3-7-17(27-19)8-4-10-28-11-12-29(21(28)32)18(14-20(30)31)15-5-2-6-16(13-15)22(23,24)25/h2-3,5-7,9,13,18H,4,8,10-12,14H2,1H3,(H,26,27)(H,30,31). The summed E-state index contributed by atoms with van der Waals surface area (Å²) in [6.07, 6.45) is -3.70. The Morgan fingerprint density at radius 3 is 2.66 bits per heavy atom. The van der Waals surface area contributed by atoms with Crippen molar-refractivity contribution < 1.29 is 27.9 Å². The Labute approximate surface area is 183 Å². The number of carboxylic acid groups (broad SMARTS) is 1. The van der Waals surface area contributed by atoms with E-state index in [9.17, 15) is 27.9 Å². The van der Waals surface area contributed by atoms with Crippen molar-refractivity contribution in [3.63, 3.8) is 0 Å². The van der Waals surface area contributed by atoms with Crippen LogP contribution < -0.4 is 5.32 Å². The van der Waals surface area contributed by atoms with E-state index in [1.165, 1.54) is 17.0 Å². The molecule has 1 unspecified atom stereocenters. The van der Waals surface area contributed by atoms with Gasteiger partial charge in [-0.25, -0.2) is 9.78 Å². The Balaban J connectivity index is 1.68. The minimum Gasteiger partial charge on any atom is -0.481 e. The summed E-state index contributed by atoms with van der Waals surface area (Å²) in [7, 11) is 1.78. The van der Waals surface area contributed by atoms with Gasteiger partial charge in [-0.3, -0.25) is 4.79 Å². The molecule has 1 atom stereocenters. The van der Waals surface area contributed by atoms with Gasteiger partial charge >= 0.3 is 18.2 Å². The molecule has 2 heterocycles. The first-order valence-corrected chi connectivity index (χ1v) is 10.3. The van der Waals surface area contributed by atoms with E-state index in [0.717, 1.165) is 23.6 Å². The second-order valence-electron chi connectivity index (χ2n) is 7.57. The number of rotatable bonds is 9. The van der Waals surface area contributed by atoms with Gasteiger partial charge in [-0.05, 0) is 42.7 Å². The average Bonchev–Trinajstić information content (AvgIpc) is 3.11. The fourth-order valence-electron chi connectivity index (χ4n) is 3.80. The number of nitrogens with one attached hydrogen (secondary N) is 1. The smallest absolute Gasteiger partial charge is 0.416 e. The van der Waals surface area contributed by atoms with Crippen molar-refractivity contribution in [3.05, 3.63) is 59.3 Å². The second-order valence-corrected chi connectivity index (χ2v) is 7.57. The van der Waals surface area contributed by atoms with Crippen molar-refractivity contribution in [1.29, 1.82) is 0 Å². The number of carbonyl (C=O) groups excluding carboxylic acids is 1. The van der Waals surface area contributed by atoms with E-state index >= 15 is 0 Å². The zero-order valence-electron chi connectivity index (χ0n) is 17.6. The van der Waals surface area contributed by atoms with Gasteiger partial charge in [0.2, 0.25) is 0 Å². The van der Waals surface area contributed by atoms with Crippen LogP contribution in [0.4, 0.5) is 23.8 Å². The highest BCUT2D eigenvalue weighted by molar-refractivity contribution is 5.78. The molecular weight excluding hydrogens is 425 g/mol. The Kier molecular flexibility index (Phi) is 7.22. The molecule has 2 N–H and O–H groups in total. The third-order valence-corrected chi connectivity index (χ3v) is 5.39. The summed E-state index contributed by atoms with van der Waals surface area (Å²) in [6.45, 7) is 1.08. The van der Waals surface area contributed by atoms with E-state index in [-0.39, 0.29) is 18.1 Å². The highest BCUT2D eigenvalue weighted by atomic mass is 19.4. The fraction of sp³-hybridized carbons (Fsp3) is 0.409. The number of pyridine rings is 1. The SMILES string of the molecule is CNc1cccc(CCCN2CCN(C(CC(=O)O)c3cccc(C(F)(F)F)c3)C2=O)n1. The minimum absolute atomic E-state index is 0.158. The van der Waals surface area contributed by atoms with Crippen LogP contribution in [0.3, 0.4) is 0 Å². The molecule has 0 saturated carbocycles. The molecule has 1 aromatic carbocycles. The molecule has 0 radical (unpaired) electrons. The molecule has 1 aliphatic heterocycles. The van der Waals surface area contributed by atoms with Crippen LogP contribution >= 0.6 is 0 Å². The number of carboxylic acids is 1. The number of aryl methyl sites for hydroxylation is 1. The lowest BCUT2D eigenvalue weighted by atomic mass is 10.00. The highest BCUT2D eigenvalue weighted by Crippen LogP contribution is 2.34. The van der Waals surface area contributed by atoms with E-state index in [1.54, 1.807) is 11.9 Å². The highest BCUT2D eigenvalue weighted by Gasteiger charge is 2.37. The summed E-state index contributed by atoms with van der Waals surface area (Å²) < 4.78 is 39.4. The van der Waals surface area contributed by atoms with Crippen LogP contribution in [0.2, 0.25) is 0 Å². The maximum atomic E-state index is 13.1. The number of halogens is 3. The van der Waals surface area contributed by atoms with E-state index in [0.29, 0.717) is 25.9 Å². The van der Waals surface area contributed by atoms with E-state index in [1.807, 2.05) is 18.2 Å². The fourth-order valence-corrected chi connectivity index (χ4v) is 3.80. The number of benzene rings is 1. The number of alkyl halides is 3. The predicted molar refractivity (Wildman–Crippen MR) is 112 cm³/mol. The Morgan fingerprint density at radius 1 is 1.22 bits per heavy atom. The first kappa shape index (κ1) is 23.4. The zero-order chi connectivity index (χ0) is 23.3. The molecular formula is C22H25F3N4O3. The Hall–Kier alpha value is -3.30. The molecule has 32 heavy (non-hydrogen) atoms. The van der Waals surface area contributed by atoms with Gasteiger partial charge in [0.25, 0.3) is 0 Å². The van der Waals surface area contributed by atoms with Gasteiger partial charge < -0.3 is 20.2 Å². The van der Waals surface area contributed by atoms with Crippen LogP contribution in [0.1, 0.15) is 35.7 Å². The van der Waals surface area contributed by atoms with Gasteiger partial charge in [0.05, 0.1) is 18.0 Å². The molecule has 1 fully saturated rings. The van der Waals surface area contributed by atoms with Crippen LogP contribution in [0.15, 0.2) is 42.5 Å². The Morgan fingerprint density at radius 2 is 1.97 bits per heavy atom. The molecule has 1 aliphatic rings. The van der Waals surface area contributed by atoms with Gasteiger partial charge in [0.1, 0.15) is 5.82 Å². The second kappa shape index (κ2) is 9.88. The van der Waals surface area contributed by atoms with Crippen molar-refractivity contribution in [2.75, 3.05) is 32.0 Å². The number of carbonyl (C=O) groups is 2. The zero-order valence-corrected chi connectivity index (χ0v) is 17.6. The van der Waals surface area contributed by atoms with Gasteiger partial charge in [-0.15, -0.1) is 0 Å². The van der Waals surface area contributed by atoms with Crippen LogP contribution in [0.25, 0.3) is 0 Å². The number of hydrogen-bond acceptors (Lipinski definition) is 4. The molecule has 0 aliphatic carbocycles. The predicted octanol–water partition coefficient (Wildman–Crippen LogP) is 4.03. The molecule has 0 bridgehead atoms. The van der Waals surface area contributed by atoms with Crippen LogP contribution in [0.5, 0.6) is 0 Å². The van der Waals surface area contributed by atoms with E-state index in [4.69, 9.17) is 0 Å². The lowest BCUT2D eigenvalue weighted by Gasteiger charge is -2.28. The molecule has 1 saturated heterocycles. The van der Waals surface area contributed by atoms with Crippen LogP contribution in [-0.4, -0.2) is 58.6 Å². The monoisotopic (exact) mass is 450 g/mol. The average molecular weight is 450 g/mol. The molecule has 2 amide bonds. The third kappa shape index (κ3) is 5.68. The molecule has 0 spiro atoms. The summed E-state index contributed by atoms with van der Waals surface area (Å²) in [6, 6.07) is 8.81. The molecule has 2 aromatic rings. The number of amides is 2. The first-order chi connectivity index (χ1) is 15.2. The molecule has 7 nitrogen and oxygen atoms in total. The lowest BCUT2D eigenvalue weighted by Crippen LogP contribution is -2.36. The number of anilines is 1. The summed E-state index contributed by atoms with van der Waals surface area (Å²) in [5.74, 6) is -0.433. The number of nitrogens with zero attached hydrogens (tertiary/aromatic N) is 3. The van der Waals surface area contributed by atoms with Gasteiger partial charge in [0.15, 0.2) is 0 Å². The number of urea groups is 1. The summed E-state index contributed by atoms with van der Waals surface area (Å²) in [5, 5.41) is 12.3. The number of aromatic nitrogens is 1. The molecule has 10 heteroatoms. The topological polar surface area (TPSA) is 85.8 Å². The van der Waals surface area contributed by atoms with Gasteiger partial charge in [-0.2, -0.15) is 13.2 Å². The first-order valence-electron chi connectivity index (χ1n) is 10.3. The maximum absolute atomic E-state index is 13.1. The van der Waals surface area contributed by atoms with E-state index < -0.39 is 30.2 Å². The van der Waals surface area contributed by atoms with Crippen LogP contribution in [0, 0.1) is 0 Å². The normalized spacial score (nSPS) is 15.2. The minimum atomic E-state index is -4.55. The summed E-state index contributed by atoms with van der Waals surface area (Å²) in [4.78, 5) is 31.7. The van der Waals surface area contributed by atoms with Crippen LogP contribution in [-0.2, 0) is 17.4 Å². The van der Waals surface area contributed by atoms with Gasteiger partial charge in [0, 0.05) is 32.4 Å². The van der Waals surface area contributed by atoms with Crippen molar-refractivity contribution in [1.82, 2.24) is 14.8 Å². The Bertz CT molecular complexity index is 967. The quantitative estimate of drug-likeness (QED) is 0.603. The van der Waals surface area contributed by atoms with Crippen molar-refractivity contribution in [2.24, 2.45) is 0 Å². The maximum Gasteiger partial charge on any atom is 0.416 e. The number of aliphatic carboxylic acids is 1. The lowest BCUT2D eigenvalue weighted by molar-refractivity contribution is -0.138. The summed E-state index contributed by atoms with van der Waals surface area (Å²) in [5.41, 5.74) is 0.170. The van der Waals surface area contributed by atoms with Crippen molar-refractivity contribution in [3.8, 4) is 0 Å². The summed E-state index contributed by atoms with van der Waals surface area (Å²) >= 11 is 0. The number of hydrogen-bond donors (Lipinski definition) is 2. The van der Waals surface area contributed by atoms with Crippen molar-refractivity contribution in [2.45, 2.75) is 31.5 Å².